The molecular weight excluding hydrogens is 296 g/mol. The summed E-state index contributed by atoms with van der Waals surface area (Å²) in [5, 5.41) is 9.62. The van der Waals surface area contributed by atoms with Crippen LogP contribution in [0.25, 0.3) is 0 Å². The first-order chi connectivity index (χ1) is 9.97. The Hall–Kier alpha value is -1.64. The van der Waals surface area contributed by atoms with Crippen molar-refractivity contribution >= 4 is 15.9 Å². The van der Waals surface area contributed by atoms with Gasteiger partial charge in [-0.2, -0.15) is 0 Å². The van der Waals surface area contributed by atoms with Crippen molar-refractivity contribution in [3.8, 4) is 0 Å². The molecule has 1 saturated heterocycles. The Morgan fingerprint density at radius 2 is 2.00 bits per heavy atom. The van der Waals surface area contributed by atoms with Gasteiger partial charge >= 0.3 is 11.3 Å². The predicted molar refractivity (Wildman–Crippen MR) is 74.6 cm³/mol. The molecule has 2 amide bonds. The van der Waals surface area contributed by atoms with Gasteiger partial charge in [-0.1, -0.05) is 5.10 Å². The molecule has 1 N–H and O–H groups in total. The van der Waals surface area contributed by atoms with Gasteiger partial charge < -0.3 is 14.6 Å². The van der Waals surface area contributed by atoms with Crippen LogP contribution in [-0.4, -0.2) is 55.4 Å². The van der Waals surface area contributed by atoms with Gasteiger partial charge in [-0.15, -0.1) is 5.10 Å². The molecule has 1 fully saturated rings. The van der Waals surface area contributed by atoms with Crippen LogP contribution in [0.1, 0.15) is 31.6 Å². The zero-order chi connectivity index (χ0) is 15.3. The molecule has 8 nitrogen and oxygen atoms in total. The second kappa shape index (κ2) is 6.88. The molecule has 0 bridgehead atoms. The molecule has 0 saturated carbocycles. The van der Waals surface area contributed by atoms with Crippen molar-refractivity contribution in [3.63, 3.8) is 0 Å². The van der Waals surface area contributed by atoms with Gasteiger partial charge in [0.2, 0.25) is 15.7 Å². The number of hydrogen-bond acceptors (Lipinski definition) is 6. The lowest BCUT2D eigenvalue weighted by atomic mass is 10.1. The van der Waals surface area contributed by atoms with Crippen LogP contribution in [-0.2, 0) is 16.3 Å². The third-order valence-corrected chi connectivity index (χ3v) is 4.05. The summed E-state index contributed by atoms with van der Waals surface area (Å²) in [5.41, 5.74) is 0. The maximum Gasteiger partial charge on any atom is 0.335 e. The molecule has 9 heteroatoms. The van der Waals surface area contributed by atoms with Crippen molar-refractivity contribution in [2.45, 2.75) is 37.3 Å². The molecule has 0 unspecified atom stereocenters. The average Bonchev–Trinajstić information content (AvgIpc) is 2.93. The van der Waals surface area contributed by atoms with E-state index in [1.54, 1.807) is 0 Å². The van der Waals surface area contributed by atoms with E-state index in [1.165, 1.54) is 6.42 Å². The summed E-state index contributed by atoms with van der Waals surface area (Å²) in [5.74, 6) is 0.266. The van der Waals surface area contributed by atoms with E-state index in [9.17, 15) is 13.2 Å². The summed E-state index contributed by atoms with van der Waals surface area (Å²) in [6, 6.07) is -0.0444. The molecule has 0 radical (unpaired) electrons. The topological polar surface area (TPSA) is 105 Å². The molecule has 0 spiro atoms. The standard InChI is InChI=1S/C12H20N4O4S/c1-21(18,19)12-15-14-10(20-12)6-5-7-13-11(17)16-8-3-2-4-9-16/h2-9H2,1H3,(H,13,17). The lowest BCUT2D eigenvalue weighted by Gasteiger charge is -2.26. The van der Waals surface area contributed by atoms with E-state index in [4.69, 9.17) is 4.42 Å². The smallest absolute Gasteiger partial charge is 0.335 e. The Kier molecular flexibility index (Phi) is 5.16. The van der Waals surface area contributed by atoms with Gasteiger partial charge in [0.05, 0.1) is 0 Å². The van der Waals surface area contributed by atoms with Crippen LogP contribution in [0.15, 0.2) is 9.64 Å². The van der Waals surface area contributed by atoms with Crippen LogP contribution in [0.2, 0.25) is 0 Å². The first kappa shape index (κ1) is 15.7. The van der Waals surface area contributed by atoms with Gasteiger partial charge in [0.15, 0.2) is 0 Å². The Balaban J connectivity index is 1.70. The van der Waals surface area contributed by atoms with E-state index in [1.807, 2.05) is 4.90 Å². The quantitative estimate of drug-likeness (QED) is 0.798. The fraction of sp³-hybridized carbons (Fsp3) is 0.750. The number of aromatic nitrogens is 2. The summed E-state index contributed by atoms with van der Waals surface area (Å²) in [4.78, 5) is 13.6. The van der Waals surface area contributed by atoms with Gasteiger partial charge in [-0.25, -0.2) is 13.2 Å². The zero-order valence-electron chi connectivity index (χ0n) is 12.0. The zero-order valence-corrected chi connectivity index (χ0v) is 12.9. The first-order valence-electron chi connectivity index (χ1n) is 7.02. The fourth-order valence-corrected chi connectivity index (χ4v) is 2.57. The monoisotopic (exact) mass is 316 g/mol. The van der Waals surface area contributed by atoms with Crippen LogP contribution in [0.5, 0.6) is 0 Å². The third kappa shape index (κ3) is 4.69. The molecule has 21 heavy (non-hydrogen) atoms. The van der Waals surface area contributed by atoms with Crippen molar-refractivity contribution in [2.24, 2.45) is 0 Å². The Labute approximate surface area is 123 Å². The number of nitrogens with one attached hydrogen (secondary N) is 1. The van der Waals surface area contributed by atoms with Gasteiger partial charge in [0, 0.05) is 32.3 Å². The van der Waals surface area contributed by atoms with Crippen molar-refractivity contribution < 1.29 is 17.6 Å². The minimum Gasteiger partial charge on any atom is -0.413 e. The third-order valence-electron chi connectivity index (χ3n) is 3.25. The summed E-state index contributed by atoms with van der Waals surface area (Å²) in [7, 11) is -3.46. The van der Waals surface area contributed by atoms with E-state index in [0.29, 0.717) is 19.4 Å². The Morgan fingerprint density at radius 3 is 2.62 bits per heavy atom. The number of carbonyl (C=O) groups excluding carboxylic acids is 1. The van der Waals surface area contributed by atoms with Crippen LogP contribution in [0.3, 0.4) is 0 Å². The second-order valence-corrected chi connectivity index (χ2v) is 7.01. The summed E-state index contributed by atoms with van der Waals surface area (Å²) in [6.07, 6.45) is 5.37. The number of amides is 2. The Morgan fingerprint density at radius 1 is 1.29 bits per heavy atom. The molecule has 1 aliphatic rings. The molecular formula is C12H20N4O4S. The molecule has 2 rings (SSSR count). The predicted octanol–water partition coefficient (Wildman–Crippen LogP) is 0.601. The van der Waals surface area contributed by atoms with Crippen LogP contribution in [0, 0.1) is 0 Å². The minimum absolute atomic E-state index is 0.0444. The van der Waals surface area contributed by atoms with Crippen molar-refractivity contribution in [1.29, 1.82) is 0 Å². The highest BCUT2D eigenvalue weighted by molar-refractivity contribution is 7.90. The second-order valence-electron chi connectivity index (χ2n) is 5.12. The highest BCUT2D eigenvalue weighted by Crippen LogP contribution is 2.09. The molecule has 1 aliphatic heterocycles. The largest absolute Gasteiger partial charge is 0.413 e. The lowest BCUT2D eigenvalue weighted by molar-refractivity contribution is 0.186. The number of likely N-dealkylation sites (tertiary alicyclic amines) is 1. The van der Waals surface area contributed by atoms with Crippen LogP contribution in [0.4, 0.5) is 4.79 Å². The minimum atomic E-state index is -3.46. The fourth-order valence-electron chi connectivity index (χ4n) is 2.13. The van der Waals surface area contributed by atoms with E-state index < -0.39 is 9.84 Å². The maximum absolute atomic E-state index is 11.8. The molecule has 2 heterocycles. The maximum atomic E-state index is 11.8. The van der Waals surface area contributed by atoms with Gasteiger partial charge in [-0.3, -0.25) is 0 Å². The normalized spacial score (nSPS) is 16.0. The Bertz CT molecular complexity index is 578. The number of aryl methyl sites for hydroxylation is 1. The van der Waals surface area contributed by atoms with Crippen LogP contribution >= 0.6 is 0 Å². The number of hydrogen-bond donors (Lipinski definition) is 1. The molecule has 1 aromatic rings. The van der Waals surface area contributed by atoms with Crippen molar-refractivity contribution in [3.05, 3.63) is 5.89 Å². The van der Waals surface area contributed by atoms with Crippen molar-refractivity contribution in [1.82, 2.24) is 20.4 Å². The van der Waals surface area contributed by atoms with E-state index >= 15 is 0 Å². The van der Waals surface area contributed by atoms with Crippen molar-refractivity contribution in [2.75, 3.05) is 25.9 Å². The summed E-state index contributed by atoms with van der Waals surface area (Å²) < 4.78 is 27.4. The number of carbonyl (C=O) groups is 1. The highest BCUT2D eigenvalue weighted by Gasteiger charge is 2.17. The molecule has 0 aromatic carbocycles. The number of piperidine rings is 1. The average molecular weight is 316 g/mol. The number of rotatable bonds is 5. The summed E-state index contributed by atoms with van der Waals surface area (Å²) in [6.45, 7) is 2.12. The van der Waals surface area contributed by atoms with E-state index in [2.05, 4.69) is 15.5 Å². The number of urea groups is 1. The van der Waals surface area contributed by atoms with Gasteiger partial charge in [-0.05, 0) is 25.7 Å². The van der Waals surface area contributed by atoms with Gasteiger partial charge in [0.1, 0.15) is 0 Å². The molecule has 0 aliphatic carbocycles. The highest BCUT2D eigenvalue weighted by atomic mass is 32.2. The molecule has 118 valence electrons. The van der Waals surface area contributed by atoms with E-state index in [0.717, 1.165) is 32.2 Å². The number of sulfone groups is 1. The number of nitrogens with zero attached hydrogens (tertiary/aromatic N) is 3. The first-order valence-corrected chi connectivity index (χ1v) is 8.91. The van der Waals surface area contributed by atoms with Crippen LogP contribution < -0.4 is 5.32 Å². The van der Waals surface area contributed by atoms with Gasteiger partial charge in [0.25, 0.3) is 0 Å². The SMILES string of the molecule is CS(=O)(=O)c1nnc(CCCNC(=O)N2CCCCC2)o1. The van der Waals surface area contributed by atoms with E-state index in [-0.39, 0.29) is 17.1 Å². The summed E-state index contributed by atoms with van der Waals surface area (Å²) >= 11 is 0. The molecule has 0 atom stereocenters. The lowest BCUT2D eigenvalue weighted by Crippen LogP contribution is -2.43. The molecule has 1 aromatic heterocycles.